The second-order valence-corrected chi connectivity index (χ2v) is 4.51. The summed E-state index contributed by atoms with van der Waals surface area (Å²) in [5.74, 6) is 0.669. The van der Waals surface area contributed by atoms with Gasteiger partial charge in [-0.15, -0.1) is 0 Å². The van der Waals surface area contributed by atoms with E-state index in [9.17, 15) is 9.59 Å². The van der Waals surface area contributed by atoms with Gasteiger partial charge in [0.1, 0.15) is 12.0 Å². The van der Waals surface area contributed by atoms with E-state index in [4.69, 9.17) is 4.74 Å². The van der Waals surface area contributed by atoms with Gasteiger partial charge < -0.3 is 4.74 Å². The zero-order valence-electron chi connectivity index (χ0n) is 10.3. The first-order valence-corrected chi connectivity index (χ1v) is 5.98. The molecule has 0 atom stereocenters. The number of aliphatic imine (C=N–C) groups is 1. The van der Waals surface area contributed by atoms with Gasteiger partial charge >= 0.3 is 0 Å². The van der Waals surface area contributed by atoms with Crippen molar-refractivity contribution in [3.8, 4) is 5.75 Å². The average Bonchev–Trinajstić information content (AvgIpc) is 2.88. The number of hydrogen-bond acceptors (Lipinski definition) is 4. The average molecular weight is 245 g/mol. The largest absolute Gasteiger partial charge is 0.497 e. The summed E-state index contributed by atoms with van der Waals surface area (Å²) in [5.41, 5.74) is 0.751. The third-order valence-electron chi connectivity index (χ3n) is 3.58. The first-order chi connectivity index (χ1) is 8.75. The maximum atomic E-state index is 11.1. The van der Waals surface area contributed by atoms with Gasteiger partial charge in [0.2, 0.25) is 6.08 Å². The Morgan fingerprint density at radius 3 is 2.67 bits per heavy atom. The molecule has 1 fully saturated rings. The quantitative estimate of drug-likeness (QED) is 0.465. The number of isocyanates is 1. The smallest absolute Gasteiger partial charge is 0.235 e. The molecule has 0 N–H and O–H groups in total. The molecule has 1 aromatic carbocycles. The van der Waals surface area contributed by atoms with Crippen LogP contribution in [0.4, 0.5) is 0 Å². The van der Waals surface area contributed by atoms with Crippen molar-refractivity contribution in [3.05, 3.63) is 29.3 Å². The Labute approximate surface area is 106 Å². The Balaban J connectivity index is 2.58. The summed E-state index contributed by atoms with van der Waals surface area (Å²) in [6, 6.07) is 5.25. The van der Waals surface area contributed by atoms with E-state index in [1.54, 1.807) is 31.4 Å². The first kappa shape index (κ1) is 12.5. The van der Waals surface area contributed by atoms with Crippen LogP contribution in [0.2, 0.25) is 0 Å². The van der Waals surface area contributed by atoms with Crippen LogP contribution < -0.4 is 4.74 Å². The van der Waals surface area contributed by atoms with Crippen molar-refractivity contribution in [2.24, 2.45) is 4.99 Å². The lowest BCUT2D eigenvalue weighted by atomic mass is 9.85. The highest BCUT2D eigenvalue weighted by molar-refractivity contribution is 5.78. The van der Waals surface area contributed by atoms with Gasteiger partial charge in [-0.1, -0.05) is 12.8 Å². The van der Waals surface area contributed by atoms with Gasteiger partial charge in [0.05, 0.1) is 12.6 Å². The Morgan fingerprint density at radius 1 is 1.39 bits per heavy atom. The molecule has 1 aromatic rings. The standard InChI is InChI=1S/C14H15NO3/c1-18-12-5-4-11(9-16)13(8-12)14(15-10-17)6-2-3-7-14/h4-5,8-9H,2-3,6-7H2,1H3. The number of rotatable bonds is 4. The lowest BCUT2D eigenvalue weighted by Gasteiger charge is -2.24. The predicted octanol–water partition coefficient (Wildman–Crippen LogP) is 2.61. The minimum atomic E-state index is -0.591. The molecule has 0 saturated heterocycles. The second kappa shape index (κ2) is 5.15. The Morgan fingerprint density at radius 2 is 2.11 bits per heavy atom. The predicted molar refractivity (Wildman–Crippen MR) is 66.6 cm³/mol. The van der Waals surface area contributed by atoms with Crippen LogP contribution in [0.25, 0.3) is 0 Å². The van der Waals surface area contributed by atoms with Gasteiger partial charge in [0, 0.05) is 5.56 Å². The molecule has 1 aliphatic rings. The van der Waals surface area contributed by atoms with E-state index in [0.29, 0.717) is 11.3 Å². The first-order valence-electron chi connectivity index (χ1n) is 5.98. The Hall–Kier alpha value is -1.93. The van der Waals surface area contributed by atoms with E-state index < -0.39 is 5.54 Å². The number of hydrogen-bond donors (Lipinski definition) is 0. The van der Waals surface area contributed by atoms with Crippen LogP contribution in [0.3, 0.4) is 0 Å². The van der Waals surface area contributed by atoms with Crippen molar-refractivity contribution in [1.29, 1.82) is 0 Å². The lowest BCUT2D eigenvalue weighted by Crippen LogP contribution is -2.21. The molecular weight excluding hydrogens is 230 g/mol. The molecule has 0 unspecified atom stereocenters. The number of carbonyl (C=O) groups is 1. The monoisotopic (exact) mass is 245 g/mol. The van der Waals surface area contributed by atoms with Crippen molar-refractivity contribution < 1.29 is 14.3 Å². The van der Waals surface area contributed by atoms with Gasteiger partial charge in [-0.05, 0) is 36.6 Å². The summed E-state index contributed by atoms with van der Waals surface area (Å²) in [6.07, 6.45) is 6.01. The Bertz CT molecular complexity index is 498. The number of benzene rings is 1. The van der Waals surface area contributed by atoms with E-state index in [-0.39, 0.29) is 0 Å². The molecule has 18 heavy (non-hydrogen) atoms. The second-order valence-electron chi connectivity index (χ2n) is 4.51. The van der Waals surface area contributed by atoms with Crippen molar-refractivity contribution >= 4 is 12.4 Å². The summed E-state index contributed by atoms with van der Waals surface area (Å²) in [7, 11) is 1.57. The normalized spacial score (nSPS) is 16.9. The molecule has 4 nitrogen and oxygen atoms in total. The third-order valence-corrected chi connectivity index (χ3v) is 3.58. The highest BCUT2D eigenvalue weighted by Crippen LogP contribution is 2.44. The van der Waals surface area contributed by atoms with Crippen molar-refractivity contribution in [2.45, 2.75) is 31.2 Å². The van der Waals surface area contributed by atoms with Crippen LogP contribution in [0.5, 0.6) is 5.75 Å². The Kier molecular flexibility index (Phi) is 3.58. The van der Waals surface area contributed by atoms with Gasteiger partial charge in [-0.2, -0.15) is 4.99 Å². The molecule has 0 amide bonds. The molecule has 0 aliphatic heterocycles. The molecule has 4 heteroatoms. The minimum absolute atomic E-state index is 0.566. The van der Waals surface area contributed by atoms with Crippen LogP contribution in [-0.4, -0.2) is 19.5 Å². The SMILES string of the molecule is COc1ccc(C=O)c(C2(N=C=O)CCCC2)c1. The number of aldehydes is 1. The minimum Gasteiger partial charge on any atom is -0.497 e. The fraction of sp³-hybridized carbons (Fsp3) is 0.429. The summed E-state index contributed by atoms with van der Waals surface area (Å²) in [5, 5.41) is 0. The van der Waals surface area contributed by atoms with Crippen LogP contribution >= 0.6 is 0 Å². The fourth-order valence-electron chi connectivity index (χ4n) is 2.66. The van der Waals surface area contributed by atoms with Gasteiger partial charge in [0.25, 0.3) is 0 Å². The van der Waals surface area contributed by atoms with Crippen LogP contribution in [0.15, 0.2) is 23.2 Å². The number of carbonyl (C=O) groups excluding carboxylic acids is 2. The summed E-state index contributed by atoms with van der Waals surface area (Å²) in [4.78, 5) is 25.8. The maximum Gasteiger partial charge on any atom is 0.235 e. The number of ether oxygens (including phenoxy) is 1. The van der Waals surface area contributed by atoms with Crippen LogP contribution in [0, 0.1) is 0 Å². The zero-order chi connectivity index (χ0) is 13.0. The summed E-state index contributed by atoms with van der Waals surface area (Å²) >= 11 is 0. The van der Waals surface area contributed by atoms with Gasteiger partial charge in [-0.25, -0.2) is 4.79 Å². The molecule has 0 bridgehead atoms. The molecule has 2 rings (SSSR count). The zero-order valence-corrected chi connectivity index (χ0v) is 10.3. The lowest BCUT2D eigenvalue weighted by molar-refractivity contribution is 0.112. The van der Waals surface area contributed by atoms with E-state index in [0.717, 1.165) is 37.5 Å². The summed E-state index contributed by atoms with van der Waals surface area (Å²) < 4.78 is 5.18. The molecular formula is C14H15NO3. The maximum absolute atomic E-state index is 11.1. The highest BCUT2D eigenvalue weighted by Gasteiger charge is 2.37. The van der Waals surface area contributed by atoms with Gasteiger partial charge in [-0.3, -0.25) is 4.79 Å². The number of nitrogens with zero attached hydrogens (tertiary/aromatic N) is 1. The van der Waals surface area contributed by atoms with Crippen molar-refractivity contribution in [1.82, 2.24) is 0 Å². The molecule has 1 saturated carbocycles. The van der Waals surface area contributed by atoms with Crippen molar-refractivity contribution in [2.75, 3.05) is 7.11 Å². The molecule has 94 valence electrons. The van der Waals surface area contributed by atoms with Crippen molar-refractivity contribution in [3.63, 3.8) is 0 Å². The molecule has 0 heterocycles. The third kappa shape index (κ3) is 2.07. The van der Waals surface area contributed by atoms with Crippen LogP contribution in [0.1, 0.15) is 41.6 Å². The van der Waals surface area contributed by atoms with Gasteiger partial charge in [0.15, 0.2) is 0 Å². The molecule has 0 aromatic heterocycles. The topological polar surface area (TPSA) is 55.7 Å². The van der Waals surface area contributed by atoms with E-state index >= 15 is 0 Å². The highest BCUT2D eigenvalue weighted by atomic mass is 16.5. The molecule has 0 radical (unpaired) electrons. The fourth-order valence-corrected chi connectivity index (χ4v) is 2.66. The van der Waals surface area contributed by atoms with Crippen LogP contribution in [-0.2, 0) is 10.3 Å². The van der Waals surface area contributed by atoms with E-state index in [1.807, 2.05) is 0 Å². The molecule has 1 aliphatic carbocycles. The summed E-state index contributed by atoms with van der Waals surface area (Å²) in [6.45, 7) is 0. The van der Waals surface area contributed by atoms with E-state index in [2.05, 4.69) is 4.99 Å². The van der Waals surface area contributed by atoms with E-state index in [1.165, 1.54) is 0 Å². The molecule has 0 spiro atoms. The number of methoxy groups -OCH3 is 1.